The Hall–Kier alpha value is -2.38. The smallest absolute Gasteiger partial charge is 0.230 e. The fraction of sp³-hybridized carbons (Fsp3) is 0.158. The minimum Gasteiger partial charge on any atom is -0.324 e. The van der Waals surface area contributed by atoms with Gasteiger partial charge in [0.15, 0.2) is 0 Å². The summed E-state index contributed by atoms with van der Waals surface area (Å²) in [5.74, 6) is -0.557. The number of halogens is 1. The lowest BCUT2D eigenvalue weighted by Crippen LogP contribution is -2.17. The first kappa shape index (κ1) is 18.4. The van der Waals surface area contributed by atoms with E-state index < -0.39 is 10.8 Å². The Labute approximate surface area is 157 Å². The molecule has 1 aromatic heterocycles. The Morgan fingerprint density at radius 3 is 2.77 bits per heavy atom. The van der Waals surface area contributed by atoms with E-state index in [1.807, 2.05) is 19.1 Å². The van der Waals surface area contributed by atoms with Crippen molar-refractivity contribution >= 4 is 33.7 Å². The van der Waals surface area contributed by atoms with Gasteiger partial charge in [0.25, 0.3) is 0 Å². The van der Waals surface area contributed by atoms with Crippen molar-refractivity contribution in [3.05, 3.63) is 64.9 Å². The van der Waals surface area contributed by atoms with Crippen LogP contribution in [0.3, 0.4) is 0 Å². The molecule has 0 bridgehead atoms. The number of carbonyl (C=O) groups is 1. The second-order valence-corrected chi connectivity index (χ2v) is 7.99. The third-order valence-corrected chi connectivity index (χ3v) is 5.67. The van der Waals surface area contributed by atoms with E-state index in [0.717, 1.165) is 5.56 Å². The standard InChI is InChI=1S/C19H17FN2O2S2/c1-12-5-3-8-16(26(2)24)18(12)22-17(23)10-15-11-25-19(21-15)13-6-4-7-14(20)9-13/h3-9,11H,10H2,1-2H3,(H,22,23)/t26-/m0/s1. The number of aromatic nitrogens is 1. The SMILES string of the molecule is Cc1cccc([S@](C)=O)c1NC(=O)Cc1csc(-c2cccc(F)c2)n1. The maximum absolute atomic E-state index is 13.3. The van der Waals surface area contributed by atoms with Crippen molar-refractivity contribution < 1.29 is 13.4 Å². The summed E-state index contributed by atoms with van der Waals surface area (Å²) in [7, 11) is -1.20. The normalized spacial score (nSPS) is 12.0. The van der Waals surface area contributed by atoms with Gasteiger partial charge in [-0.05, 0) is 30.7 Å². The minimum atomic E-state index is -1.20. The molecule has 1 atom stereocenters. The van der Waals surface area contributed by atoms with Crippen LogP contribution in [0.4, 0.5) is 10.1 Å². The van der Waals surface area contributed by atoms with Crippen molar-refractivity contribution in [2.24, 2.45) is 0 Å². The van der Waals surface area contributed by atoms with Crippen LogP contribution < -0.4 is 5.32 Å². The Balaban J connectivity index is 1.75. The molecule has 0 aliphatic rings. The molecule has 0 aliphatic carbocycles. The molecule has 0 unspecified atom stereocenters. The Morgan fingerprint density at radius 2 is 2.04 bits per heavy atom. The fourth-order valence-electron chi connectivity index (χ4n) is 2.53. The minimum absolute atomic E-state index is 0.0932. The number of benzene rings is 2. The molecule has 1 heterocycles. The first-order valence-corrected chi connectivity index (χ1v) is 10.3. The lowest BCUT2D eigenvalue weighted by molar-refractivity contribution is -0.115. The molecule has 0 saturated heterocycles. The van der Waals surface area contributed by atoms with Crippen molar-refractivity contribution in [3.63, 3.8) is 0 Å². The largest absolute Gasteiger partial charge is 0.324 e. The summed E-state index contributed by atoms with van der Waals surface area (Å²) in [6, 6.07) is 11.6. The van der Waals surface area contributed by atoms with Gasteiger partial charge < -0.3 is 5.32 Å². The van der Waals surface area contributed by atoms with Crippen molar-refractivity contribution in [1.29, 1.82) is 0 Å². The molecule has 2 aromatic carbocycles. The van der Waals surface area contributed by atoms with Crippen LogP contribution in [0.1, 0.15) is 11.3 Å². The van der Waals surface area contributed by atoms with Crippen LogP contribution in [0, 0.1) is 12.7 Å². The summed E-state index contributed by atoms with van der Waals surface area (Å²) < 4.78 is 25.2. The Bertz CT molecular complexity index is 985. The second-order valence-electron chi connectivity index (χ2n) is 5.78. The van der Waals surface area contributed by atoms with Gasteiger partial charge in [0.05, 0.1) is 33.5 Å². The number of anilines is 1. The number of nitrogens with one attached hydrogen (secondary N) is 1. The summed E-state index contributed by atoms with van der Waals surface area (Å²) in [6.45, 7) is 1.86. The number of hydrogen-bond donors (Lipinski definition) is 1. The summed E-state index contributed by atoms with van der Waals surface area (Å²) in [5, 5.41) is 5.29. The van der Waals surface area contributed by atoms with Crippen LogP contribution in [-0.4, -0.2) is 21.4 Å². The maximum Gasteiger partial charge on any atom is 0.230 e. The van der Waals surface area contributed by atoms with E-state index in [4.69, 9.17) is 0 Å². The molecule has 0 spiro atoms. The zero-order valence-corrected chi connectivity index (χ0v) is 15.9. The van der Waals surface area contributed by atoms with Crippen LogP contribution in [0.15, 0.2) is 52.7 Å². The summed E-state index contributed by atoms with van der Waals surface area (Å²) in [4.78, 5) is 17.4. The van der Waals surface area contributed by atoms with Gasteiger partial charge in [0.1, 0.15) is 10.8 Å². The van der Waals surface area contributed by atoms with E-state index in [1.165, 1.54) is 23.5 Å². The number of thiazole rings is 1. The zero-order chi connectivity index (χ0) is 18.7. The predicted molar refractivity (Wildman–Crippen MR) is 103 cm³/mol. The Morgan fingerprint density at radius 1 is 1.27 bits per heavy atom. The van der Waals surface area contributed by atoms with Crippen molar-refractivity contribution in [2.45, 2.75) is 18.2 Å². The van der Waals surface area contributed by atoms with Gasteiger partial charge in [0.2, 0.25) is 5.91 Å². The van der Waals surface area contributed by atoms with E-state index in [2.05, 4.69) is 10.3 Å². The molecule has 1 amide bonds. The van der Waals surface area contributed by atoms with Gasteiger partial charge in [-0.1, -0.05) is 24.3 Å². The van der Waals surface area contributed by atoms with Gasteiger partial charge in [-0.2, -0.15) is 0 Å². The van der Waals surface area contributed by atoms with Gasteiger partial charge in [-0.15, -0.1) is 11.3 Å². The number of para-hydroxylation sites is 1. The molecule has 134 valence electrons. The van der Waals surface area contributed by atoms with E-state index in [-0.39, 0.29) is 18.1 Å². The topological polar surface area (TPSA) is 59.1 Å². The number of nitrogens with zero attached hydrogens (tertiary/aromatic N) is 1. The molecule has 26 heavy (non-hydrogen) atoms. The molecule has 0 aliphatic heterocycles. The number of carbonyl (C=O) groups excluding carboxylic acids is 1. The highest BCUT2D eigenvalue weighted by molar-refractivity contribution is 7.84. The molecule has 1 N–H and O–H groups in total. The third kappa shape index (κ3) is 4.23. The van der Waals surface area contributed by atoms with Crippen LogP contribution in [0.5, 0.6) is 0 Å². The molecular weight excluding hydrogens is 371 g/mol. The molecule has 0 saturated carbocycles. The highest BCUT2D eigenvalue weighted by Gasteiger charge is 2.14. The summed E-state index contributed by atoms with van der Waals surface area (Å²) in [6.07, 6.45) is 1.67. The second kappa shape index (κ2) is 7.88. The number of rotatable bonds is 5. The predicted octanol–water partition coefficient (Wildman–Crippen LogP) is 4.18. The lowest BCUT2D eigenvalue weighted by atomic mass is 10.2. The number of aryl methyl sites for hydroxylation is 1. The number of hydrogen-bond acceptors (Lipinski definition) is 4. The van der Waals surface area contributed by atoms with E-state index >= 15 is 0 Å². The molecule has 3 aromatic rings. The number of amides is 1. The lowest BCUT2D eigenvalue weighted by Gasteiger charge is -2.11. The monoisotopic (exact) mass is 388 g/mol. The first-order valence-electron chi connectivity index (χ1n) is 7.87. The van der Waals surface area contributed by atoms with Crippen molar-refractivity contribution in [2.75, 3.05) is 11.6 Å². The van der Waals surface area contributed by atoms with Crippen molar-refractivity contribution in [1.82, 2.24) is 4.98 Å². The molecule has 4 nitrogen and oxygen atoms in total. The molecule has 3 rings (SSSR count). The average molecular weight is 388 g/mol. The summed E-state index contributed by atoms with van der Waals surface area (Å²) >= 11 is 1.36. The molecular formula is C19H17FN2O2S2. The maximum atomic E-state index is 13.3. The molecule has 0 fully saturated rings. The van der Waals surface area contributed by atoms with Crippen LogP contribution >= 0.6 is 11.3 Å². The molecule has 7 heteroatoms. The van der Waals surface area contributed by atoms with E-state index in [0.29, 0.717) is 26.8 Å². The van der Waals surface area contributed by atoms with E-state index in [1.54, 1.807) is 29.8 Å². The highest BCUT2D eigenvalue weighted by atomic mass is 32.2. The first-order chi connectivity index (χ1) is 12.4. The van der Waals surface area contributed by atoms with Gasteiger partial charge in [-0.25, -0.2) is 9.37 Å². The van der Waals surface area contributed by atoms with Gasteiger partial charge >= 0.3 is 0 Å². The highest BCUT2D eigenvalue weighted by Crippen LogP contribution is 2.26. The van der Waals surface area contributed by atoms with E-state index in [9.17, 15) is 13.4 Å². The summed E-state index contributed by atoms with van der Waals surface area (Å²) in [5.41, 5.74) is 2.73. The zero-order valence-electron chi connectivity index (χ0n) is 14.3. The fourth-order valence-corrected chi connectivity index (χ4v) is 4.12. The van der Waals surface area contributed by atoms with Crippen molar-refractivity contribution in [3.8, 4) is 10.6 Å². The quantitative estimate of drug-likeness (QED) is 0.713. The van der Waals surface area contributed by atoms with Gasteiger partial charge in [-0.3, -0.25) is 9.00 Å². The van der Waals surface area contributed by atoms with Crippen LogP contribution in [0.25, 0.3) is 10.6 Å². The average Bonchev–Trinajstić information content (AvgIpc) is 3.05. The van der Waals surface area contributed by atoms with Gasteiger partial charge in [0, 0.05) is 17.2 Å². The van der Waals surface area contributed by atoms with Crippen LogP contribution in [-0.2, 0) is 22.0 Å². The third-order valence-electron chi connectivity index (χ3n) is 3.77. The van der Waals surface area contributed by atoms with Crippen LogP contribution in [0.2, 0.25) is 0 Å². The Kier molecular flexibility index (Phi) is 5.58. The molecule has 0 radical (unpaired) electrons.